The number of pyridine rings is 1. The molecule has 0 aromatic carbocycles. The van der Waals surface area contributed by atoms with Crippen LogP contribution in [0.15, 0.2) is 12.1 Å². The molecule has 102 valence electrons. The molecule has 0 saturated heterocycles. The van der Waals surface area contributed by atoms with Gasteiger partial charge in [-0.3, -0.25) is 4.79 Å². The highest BCUT2D eigenvalue weighted by Gasteiger charge is 2.14. The third-order valence-corrected chi connectivity index (χ3v) is 2.89. The molecule has 19 heavy (non-hydrogen) atoms. The molecular weight excluding hydrogens is 266 g/mol. The molecule has 1 heterocycles. The number of esters is 1. The molecule has 0 radical (unpaired) electrons. The average molecular weight is 282 g/mol. The van der Waals surface area contributed by atoms with Gasteiger partial charge in [0.25, 0.3) is 0 Å². The predicted octanol–water partition coefficient (Wildman–Crippen LogP) is 2.75. The first-order valence-corrected chi connectivity index (χ1v) is 6.38. The fourth-order valence-corrected chi connectivity index (χ4v) is 1.82. The Morgan fingerprint density at radius 3 is 2.95 bits per heavy atom. The fourth-order valence-electron chi connectivity index (χ4n) is 1.67. The summed E-state index contributed by atoms with van der Waals surface area (Å²) in [5.41, 5.74) is 0.167. The van der Waals surface area contributed by atoms with Crippen molar-refractivity contribution in [2.24, 2.45) is 0 Å². The lowest BCUT2D eigenvalue weighted by Crippen LogP contribution is -2.24. The molecule has 0 fully saturated rings. The minimum absolute atomic E-state index is 0.0716. The Labute approximate surface area is 117 Å². The summed E-state index contributed by atoms with van der Waals surface area (Å²) in [6, 6.07) is 5.14. The number of hydrogen-bond acceptors (Lipinski definition) is 5. The number of methoxy groups -OCH3 is 1. The predicted molar refractivity (Wildman–Crippen MR) is 72.9 cm³/mol. The lowest BCUT2D eigenvalue weighted by molar-refractivity contribution is -0.140. The van der Waals surface area contributed by atoms with Gasteiger partial charge in [-0.15, -0.1) is 0 Å². The highest BCUT2D eigenvalue weighted by Crippen LogP contribution is 2.17. The molecule has 1 N–H and O–H groups in total. The van der Waals surface area contributed by atoms with Crippen LogP contribution in [0, 0.1) is 11.3 Å². The van der Waals surface area contributed by atoms with Crippen LogP contribution in [0.1, 0.15) is 31.9 Å². The Morgan fingerprint density at radius 1 is 1.63 bits per heavy atom. The van der Waals surface area contributed by atoms with Crippen molar-refractivity contribution in [1.29, 1.82) is 5.26 Å². The Hall–Kier alpha value is -1.80. The number of carbonyl (C=O) groups excluding carboxylic acids is 1. The third-order valence-electron chi connectivity index (χ3n) is 2.58. The number of carbonyl (C=O) groups is 1. The molecule has 0 bridgehead atoms. The molecular formula is C13H16ClN3O2. The summed E-state index contributed by atoms with van der Waals surface area (Å²) in [5, 5.41) is 12.3. The van der Waals surface area contributed by atoms with E-state index in [9.17, 15) is 4.79 Å². The highest BCUT2D eigenvalue weighted by atomic mass is 35.5. The van der Waals surface area contributed by atoms with Gasteiger partial charge in [0, 0.05) is 6.04 Å². The number of anilines is 1. The van der Waals surface area contributed by atoms with Gasteiger partial charge < -0.3 is 10.1 Å². The number of rotatable bonds is 6. The van der Waals surface area contributed by atoms with Crippen molar-refractivity contribution >= 4 is 23.4 Å². The van der Waals surface area contributed by atoms with Crippen LogP contribution in [0.3, 0.4) is 0 Å². The van der Waals surface area contributed by atoms with Gasteiger partial charge in [0.05, 0.1) is 18.6 Å². The SMILES string of the molecule is CCCC(CC(=O)OC)Nc1ccc(Cl)c(C#N)n1. The Kier molecular flexibility index (Phi) is 6.10. The van der Waals surface area contributed by atoms with E-state index in [0.717, 1.165) is 12.8 Å². The monoisotopic (exact) mass is 281 g/mol. The van der Waals surface area contributed by atoms with E-state index in [4.69, 9.17) is 16.9 Å². The molecule has 1 atom stereocenters. The minimum atomic E-state index is -0.277. The molecule has 1 aromatic heterocycles. The maximum absolute atomic E-state index is 11.3. The summed E-state index contributed by atoms with van der Waals surface area (Å²) in [5.74, 6) is 0.253. The highest BCUT2D eigenvalue weighted by molar-refractivity contribution is 6.31. The van der Waals surface area contributed by atoms with Gasteiger partial charge >= 0.3 is 5.97 Å². The smallest absolute Gasteiger partial charge is 0.307 e. The van der Waals surface area contributed by atoms with Crippen molar-refractivity contribution in [2.75, 3.05) is 12.4 Å². The summed E-state index contributed by atoms with van der Waals surface area (Å²) < 4.78 is 4.66. The number of nitriles is 1. The van der Waals surface area contributed by atoms with Gasteiger partial charge in [-0.2, -0.15) is 5.26 Å². The van der Waals surface area contributed by atoms with Crippen molar-refractivity contribution in [1.82, 2.24) is 4.98 Å². The first-order valence-electron chi connectivity index (χ1n) is 6.00. The van der Waals surface area contributed by atoms with Gasteiger partial charge in [0.15, 0.2) is 5.69 Å². The van der Waals surface area contributed by atoms with Crippen LogP contribution in [-0.2, 0) is 9.53 Å². The number of nitrogens with one attached hydrogen (secondary N) is 1. The molecule has 6 heteroatoms. The average Bonchev–Trinajstić information content (AvgIpc) is 2.41. The molecule has 1 rings (SSSR count). The molecule has 0 aliphatic rings. The molecule has 0 saturated carbocycles. The zero-order valence-electron chi connectivity index (χ0n) is 10.9. The van der Waals surface area contributed by atoms with Gasteiger partial charge in [-0.25, -0.2) is 4.98 Å². The summed E-state index contributed by atoms with van der Waals surface area (Å²) in [6.45, 7) is 2.03. The Bertz CT molecular complexity index is 485. The van der Waals surface area contributed by atoms with Gasteiger partial charge in [-0.05, 0) is 18.6 Å². The molecule has 1 unspecified atom stereocenters. The maximum atomic E-state index is 11.3. The first kappa shape index (κ1) is 15.3. The maximum Gasteiger partial charge on any atom is 0.307 e. The van der Waals surface area contributed by atoms with E-state index in [1.807, 2.05) is 13.0 Å². The Morgan fingerprint density at radius 2 is 2.37 bits per heavy atom. The molecule has 1 aromatic rings. The quantitative estimate of drug-likeness (QED) is 0.812. The van der Waals surface area contributed by atoms with E-state index in [2.05, 4.69) is 15.0 Å². The third kappa shape index (κ3) is 4.76. The minimum Gasteiger partial charge on any atom is -0.469 e. The van der Waals surface area contributed by atoms with Crippen molar-refractivity contribution in [2.45, 2.75) is 32.2 Å². The first-order chi connectivity index (χ1) is 9.10. The van der Waals surface area contributed by atoms with E-state index in [1.54, 1.807) is 12.1 Å². The van der Waals surface area contributed by atoms with E-state index in [0.29, 0.717) is 10.8 Å². The van der Waals surface area contributed by atoms with Crippen LogP contribution in [0.4, 0.5) is 5.82 Å². The van der Waals surface area contributed by atoms with Crippen LogP contribution in [0.25, 0.3) is 0 Å². The second kappa shape index (κ2) is 7.59. The number of ether oxygens (including phenoxy) is 1. The van der Waals surface area contributed by atoms with Crippen LogP contribution in [-0.4, -0.2) is 24.1 Å². The van der Waals surface area contributed by atoms with Crippen molar-refractivity contribution < 1.29 is 9.53 Å². The van der Waals surface area contributed by atoms with Crippen LogP contribution >= 0.6 is 11.6 Å². The van der Waals surface area contributed by atoms with Crippen molar-refractivity contribution in [3.8, 4) is 6.07 Å². The van der Waals surface area contributed by atoms with Crippen LogP contribution < -0.4 is 5.32 Å². The number of hydrogen-bond donors (Lipinski definition) is 1. The van der Waals surface area contributed by atoms with Gasteiger partial charge in [0.1, 0.15) is 11.9 Å². The van der Waals surface area contributed by atoms with E-state index >= 15 is 0 Å². The van der Waals surface area contributed by atoms with Gasteiger partial charge in [-0.1, -0.05) is 24.9 Å². The fraction of sp³-hybridized carbons (Fsp3) is 0.462. The largest absolute Gasteiger partial charge is 0.469 e. The second-order valence-corrected chi connectivity index (χ2v) is 4.46. The molecule has 5 nitrogen and oxygen atoms in total. The van der Waals surface area contributed by atoms with Gasteiger partial charge in [0.2, 0.25) is 0 Å². The molecule has 0 amide bonds. The summed E-state index contributed by atoms with van der Waals surface area (Å²) in [7, 11) is 1.36. The summed E-state index contributed by atoms with van der Waals surface area (Å²) in [4.78, 5) is 15.4. The van der Waals surface area contributed by atoms with Crippen LogP contribution in [0.2, 0.25) is 5.02 Å². The summed E-state index contributed by atoms with van der Waals surface area (Å²) in [6.07, 6.45) is 1.99. The van der Waals surface area contributed by atoms with Crippen molar-refractivity contribution in [3.63, 3.8) is 0 Å². The standard InChI is InChI=1S/C13H16ClN3O2/c1-3-4-9(7-13(18)19-2)16-12-6-5-10(14)11(8-15)17-12/h5-6,9H,3-4,7H2,1-2H3,(H,16,17). The summed E-state index contributed by atoms with van der Waals surface area (Å²) >= 11 is 5.81. The molecule has 0 aliphatic carbocycles. The molecule has 0 spiro atoms. The number of nitrogens with zero attached hydrogens (tertiary/aromatic N) is 2. The van der Waals surface area contributed by atoms with E-state index < -0.39 is 0 Å². The normalized spacial score (nSPS) is 11.5. The Balaban J connectivity index is 2.78. The lowest BCUT2D eigenvalue weighted by atomic mass is 10.1. The number of aromatic nitrogens is 1. The lowest BCUT2D eigenvalue weighted by Gasteiger charge is -2.17. The number of halogens is 1. The zero-order chi connectivity index (χ0) is 14.3. The zero-order valence-corrected chi connectivity index (χ0v) is 11.7. The van der Waals surface area contributed by atoms with E-state index in [1.165, 1.54) is 7.11 Å². The molecule has 0 aliphatic heterocycles. The topological polar surface area (TPSA) is 75.0 Å². The van der Waals surface area contributed by atoms with Crippen molar-refractivity contribution in [3.05, 3.63) is 22.8 Å². The second-order valence-electron chi connectivity index (χ2n) is 4.05. The van der Waals surface area contributed by atoms with Crippen LogP contribution in [0.5, 0.6) is 0 Å². The van der Waals surface area contributed by atoms with E-state index in [-0.39, 0.29) is 24.1 Å².